The Labute approximate surface area is 101 Å². The highest BCUT2D eigenvalue weighted by Gasteiger charge is 2.09. The smallest absolute Gasteiger partial charge is 0.423 e. The monoisotopic (exact) mass is 224 g/mol. The molecule has 0 spiro atoms. The maximum atomic E-state index is 9.06. The average Bonchev–Trinajstić information content (AvgIpc) is 2.38. The molecule has 2 rings (SSSR count). The van der Waals surface area contributed by atoms with Crippen LogP contribution < -0.4 is 5.46 Å². The number of hydrogen-bond donors (Lipinski definition) is 2. The predicted octanol–water partition coefficient (Wildman–Crippen LogP) is 1.54. The second-order valence-electron chi connectivity index (χ2n) is 3.79. The van der Waals surface area contributed by atoms with Crippen LogP contribution in [0.15, 0.2) is 54.6 Å². The molecule has 0 fully saturated rings. The third kappa shape index (κ3) is 3.31. The van der Waals surface area contributed by atoms with Crippen LogP contribution in [-0.4, -0.2) is 17.2 Å². The highest BCUT2D eigenvalue weighted by Crippen LogP contribution is 2.06. The molecule has 0 radical (unpaired) electrons. The molecule has 0 atom stereocenters. The Balaban J connectivity index is 2.19. The molecular formula is C14H13BO2. The molecule has 84 valence electrons. The van der Waals surface area contributed by atoms with Gasteiger partial charge >= 0.3 is 7.12 Å². The van der Waals surface area contributed by atoms with Gasteiger partial charge in [-0.25, -0.2) is 0 Å². The van der Waals surface area contributed by atoms with Crippen molar-refractivity contribution < 1.29 is 10.0 Å². The van der Waals surface area contributed by atoms with Gasteiger partial charge in [-0.05, 0) is 16.6 Å². The van der Waals surface area contributed by atoms with Crippen LogP contribution in [0, 0.1) is 0 Å². The van der Waals surface area contributed by atoms with E-state index in [4.69, 9.17) is 10.0 Å². The fourth-order valence-corrected chi connectivity index (χ4v) is 1.58. The van der Waals surface area contributed by atoms with Crippen molar-refractivity contribution >= 4 is 24.7 Å². The lowest BCUT2D eigenvalue weighted by Crippen LogP contribution is -2.29. The van der Waals surface area contributed by atoms with E-state index < -0.39 is 7.12 Å². The van der Waals surface area contributed by atoms with E-state index in [1.807, 2.05) is 48.6 Å². The van der Waals surface area contributed by atoms with Gasteiger partial charge in [0, 0.05) is 0 Å². The first-order valence-electron chi connectivity index (χ1n) is 5.45. The normalized spacial score (nSPS) is 10.7. The molecule has 0 bridgehead atoms. The fourth-order valence-electron chi connectivity index (χ4n) is 1.58. The van der Waals surface area contributed by atoms with E-state index in [0.29, 0.717) is 5.46 Å². The van der Waals surface area contributed by atoms with Crippen molar-refractivity contribution in [3.8, 4) is 0 Å². The minimum atomic E-state index is -1.42. The Morgan fingerprint density at radius 2 is 1.41 bits per heavy atom. The van der Waals surface area contributed by atoms with Gasteiger partial charge in [0.15, 0.2) is 0 Å². The zero-order valence-corrected chi connectivity index (χ0v) is 9.32. The van der Waals surface area contributed by atoms with Crippen LogP contribution in [0.5, 0.6) is 0 Å². The zero-order chi connectivity index (χ0) is 12.1. The molecule has 0 unspecified atom stereocenters. The number of rotatable bonds is 3. The maximum absolute atomic E-state index is 9.06. The molecule has 0 aliphatic heterocycles. The fraction of sp³-hybridized carbons (Fsp3) is 0. The molecular weight excluding hydrogens is 211 g/mol. The molecule has 0 saturated heterocycles. The summed E-state index contributed by atoms with van der Waals surface area (Å²) in [6.45, 7) is 0. The van der Waals surface area contributed by atoms with Crippen molar-refractivity contribution in [2.24, 2.45) is 0 Å². The van der Waals surface area contributed by atoms with E-state index in [0.717, 1.165) is 11.1 Å². The molecule has 0 heterocycles. The largest absolute Gasteiger partial charge is 0.488 e. The summed E-state index contributed by atoms with van der Waals surface area (Å²) in [5.41, 5.74) is 2.56. The minimum Gasteiger partial charge on any atom is -0.423 e. The standard InChI is InChI=1S/C14H13BO2/c16-15(17)14-8-4-7-13(11-14)10-9-12-5-2-1-3-6-12/h1-11,16-17H/b10-9+. The summed E-state index contributed by atoms with van der Waals surface area (Å²) in [4.78, 5) is 0. The second kappa shape index (κ2) is 5.48. The van der Waals surface area contributed by atoms with Gasteiger partial charge in [-0.1, -0.05) is 66.7 Å². The maximum Gasteiger partial charge on any atom is 0.488 e. The summed E-state index contributed by atoms with van der Waals surface area (Å²) in [6.07, 6.45) is 3.93. The summed E-state index contributed by atoms with van der Waals surface area (Å²) in [7, 11) is -1.42. The first-order chi connectivity index (χ1) is 8.25. The molecule has 2 aromatic rings. The Bertz CT molecular complexity index is 507. The van der Waals surface area contributed by atoms with Gasteiger partial charge in [-0.15, -0.1) is 0 Å². The van der Waals surface area contributed by atoms with Crippen LogP contribution in [0.25, 0.3) is 12.2 Å². The van der Waals surface area contributed by atoms with Crippen molar-refractivity contribution in [3.05, 3.63) is 65.7 Å². The van der Waals surface area contributed by atoms with Crippen LogP contribution in [0.4, 0.5) is 0 Å². The summed E-state index contributed by atoms with van der Waals surface area (Å²) in [5.74, 6) is 0. The summed E-state index contributed by atoms with van der Waals surface area (Å²) >= 11 is 0. The Morgan fingerprint density at radius 1 is 0.765 bits per heavy atom. The van der Waals surface area contributed by atoms with E-state index in [2.05, 4.69) is 0 Å². The Kier molecular flexibility index (Phi) is 3.75. The molecule has 2 nitrogen and oxygen atoms in total. The van der Waals surface area contributed by atoms with E-state index in [9.17, 15) is 0 Å². The minimum absolute atomic E-state index is 0.500. The van der Waals surface area contributed by atoms with Crippen molar-refractivity contribution in [3.63, 3.8) is 0 Å². The van der Waals surface area contributed by atoms with Crippen molar-refractivity contribution in [2.45, 2.75) is 0 Å². The summed E-state index contributed by atoms with van der Waals surface area (Å²) in [5, 5.41) is 18.1. The molecule has 2 N–H and O–H groups in total. The molecule has 0 aliphatic carbocycles. The van der Waals surface area contributed by atoms with Crippen LogP contribution in [-0.2, 0) is 0 Å². The molecule has 0 saturated carbocycles. The second-order valence-corrected chi connectivity index (χ2v) is 3.79. The predicted molar refractivity (Wildman–Crippen MR) is 71.6 cm³/mol. The lowest BCUT2D eigenvalue weighted by molar-refractivity contribution is 0.426. The summed E-state index contributed by atoms with van der Waals surface area (Å²) in [6, 6.07) is 17.1. The molecule has 0 aromatic heterocycles. The Morgan fingerprint density at radius 3 is 2.12 bits per heavy atom. The van der Waals surface area contributed by atoms with E-state index >= 15 is 0 Å². The quantitative estimate of drug-likeness (QED) is 0.613. The average molecular weight is 224 g/mol. The van der Waals surface area contributed by atoms with Gasteiger partial charge in [0.25, 0.3) is 0 Å². The number of hydrogen-bond acceptors (Lipinski definition) is 2. The van der Waals surface area contributed by atoms with Gasteiger partial charge in [0.1, 0.15) is 0 Å². The van der Waals surface area contributed by atoms with E-state index in [1.54, 1.807) is 18.2 Å². The van der Waals surface area contributed by atoms with E-state index in [-0.39, 0.29) is 0 Å². The van der Waals surface area contributed by atoms with Gasteiger partial charge in [0.05, 0.1) is 0 Å². The van der Waals surface area contributed by atoms with Crippen LogP contribution in [0.3, 0.4) is 0 Å². The van der Waals surface area contributed by atoms with Crippen molar-refractivity contribution in [2.75, 3.05) is 0 Å². The lowest BCUT2D eigenvalue weighted by atomic mass is 9.79. The van der Waals surface area contributed by atoms with Gasteiger partial charge in [0.2, 0.25) is 0 Å². The molecule has 3 heteroatoms. The third-order valence-corrected chi connectivity index (χ3v) is 2.48. The lowest BCUT2D eigenvalue weighted by Gasteiger charge is -2.00. The van der Waals surface area contributed by atoms with Crippen LogP contribution in [0.2, 0.25) is 0 Å². The van der Waals surface area contributed by atoms with Crippen LogP contribution >= 0.6 is 0 Å². The highest BCUT2D eigenvalue weighted by atomic mass is 16.4. The van der Waals surface area contributed by atoms with Gasteiger partial charge in [-0.3, -0.25) is 0 Å². The topological polar surface area (TPSA) is 40.5 Å². The van der Waals surface area contributed by atoms with Crippen molar-refractivity contribution in [1.29, 1.82) is 0 Å². The van der Waals surface area contributed by atoms with Gasteiger partial charge in [-0.2, -0.15) is 0 Å². The molecule has 2 aromatic carbocycles. The molecule has 0 amide bonds. The van der Waals surface area contributed by atoms with Crippen molar-refractivity contribution in [1.82, 2.24) is 0 Å². The van der Waals surface area contributed by atoms with Gasteiger partial charge < -0.3 is 10.0 Å². The van der Waals surface area contributed by atoms with Crippen LogP contribution in [0.1, 0.15) is 11.1 Å². The highest BCUT2D eigenvalue weighted by molar-refractivity contribution is 6.58. The molecule has 17 heavy (non-hydrogen) atoms. The van der Waals surface area contributed by atoms with E-state index in [1.165, 1.54) is 0 Å². The Hall–Kier alpha value is -1.84. The first-order valence-corrected chi connectivity index (χ1v) is 5.45. The third-order valence-electron chi connectivity index (χ3n) is 2.48. The molecule has 0 aliphatic rings. The first kappa shape index (κ1) is 11.6. The zero-order valence-electron chi connectivity index (χ0n) is 9.32. The SMILES string of the molecule is OB(O)c1cccc(/C=C/c2ccccc2)c1. The summed E-state index contributed by atoms with van der Waals surface area (Å²) < 4.78 is 0. The number of benzene rings is 2.